The van der Waals surface area contributed by atoms with Crippen LogP contribution in [0.15, 0.2) is 24.3 Å². The summed E-state index contributed by atoms with van der Waals surface area (Å²) in [5.41, 5.74) is -0.0460. The van der Waals surface area contributed by atoms with Crippen LogP contribution in [-0.4, -0.2) is 18.4 Å². The van der Waals surface area contributed by atoms with E-state index in [1.54, 1.807) is 0 Å². The van der Waals surface area contributed by atoms with E-state index in [9.17, 15) is 18.0 Å². The summed E-state index contributed by atoms with van der Waals surface area (Å²) in [5, 5.41) is 3.21. The number of halogens is 3. The second-order valence-corrected chi connectivity index (χ2v) is 5.19. The molecule has 1 aromatic carbocycles. The molecule has 2 rings (SSSR count). The molecule has 0 amide bonds. The van der Waals surface area contributed by atoms with Crippen molar-refractivity contribution in [3.63, 3.8) is 0 Å². The van der Waals surface area contributed by atoms with Gasteiger partial charge in [-0.05, 0) is 37.1 Å². The van der Waals surface area contributed by atoms with Gasteiger partial charge >= 0.3 is 6.18 Å². The number of hydrogen-bond acceptors (Lipinski definition) is 2. The molecule has 0 spiro atoms. The maximum absolute atomic E-state index is 12.4. The van der Waals surface area contributed by atoms with E-state index in [-0.39, 0.29) is 18.2 Å². The Bertz CT molecular complexity index is 445. The first kappa shape index (κ1) is 15.0. The monoisotopic (exact) mass is 285 g/mol. The predicted octanol–water partition coefficient (Wildman–Crippen LogP) is 3.35. The summed E-state index contributed by atoms with van der Waals surface area (Å²) >= 11 is 0. The summed E-state index contributed by atoms with van der Waals surface area (Å²) in [7, 11) is 0. The highest BCUT2D eigenvalue weighted by atomic mass is 19.4. The molecule has 1 aliphatic heterocycles. The molecule has 110 valence electrons. The fourth-order valence-electron chi connectivity index (χ4n) is 2.44. The Kier molecular flexibility index (Phi) is 4.81. The largest absolute Gasteiger partial charge is 0.416 e. The predicted molar refractivity (Wildman–Crippen MR) is 70.4 cm³/mol. The smallest absolute Gasteiger partial charge is 0.307 e. The van der Waals surface area contributed by atoms with Crippen LogP contribution in [0.5, 0.6) is 0 Å². The average molecular weight is 285 g/mol. The van der Waals surface area contributed by atoms with E-state index >= 15 is 0 Å². The molecule has 1 aliphatic rings. The van der Waals surface area contributed by atoms with Crippen molar-refractivity contribution in [1.29, 1.82) is 0 Å². The summed E-state index contributed by atoms with van der Waals surface area (Å²) in [4.78, 5) is 12.1. The molecule has 1 fully saturated rings. The Balaban J connectivity index is 1.97. The van der Waals surface area contributed by atoms with Crippen LogP contribution >= 0.6 is 0 Å². The molecular weight excluding hydrogens is 267 g/mol. The lowest BCUT2D eigenvalue weighted by molar-refractivity contribution is -0.137. The number of Topliss-reactive ketones (excluding diaryl/α,β-unsaturated/α-hetero) is 1. The lowest BCUT2D eigenvalue weighted by atomic mass is 9.99. The fourth-order valence-corrected chi connectivity index (χ4v) is 2.44. The quantitative estimate of drug-likeness (QED) is 0.922. The highest BCUT2D eigenvalue weighted by Gasteiger charge is 2.30. The van der Waals surface area contributed by atoms with Gasteiger partial charge in [-0.15, -0.1) is 0 Å². The first-order chi connectivity index (χ1) is 9.47. The van der Waals surface area contributed by atoms with E-state index in [1.807, 2.05) is 0 Å². The van der Waals surface area contributed by atoms with E-state index in [0.717, 1.165) is 44.4 Å². The van der Waals surface area contributed by atoms with E-state index < -0.39 is 11.7 Å². The highest BCUT2D eigenvalue weighted by Crippen LogP contribution is 2.29. The SMILES string of the molecule is O=C(Cc1ccc(C(F)(F)F)cc1)C1CCCCCN1. The number of alkyl halides is 3. The van der Waals surface area contributed by atoms with Gasteiger partial charge in [0.2, 0.25) is 0 Å². The minimum Gasteiger partial charge on any atom is -0.307 e. The highest BCUT2D eigenvalue weighted by molar-refractivity contribution is 5.86. The van der Waals surface area contributed by atoms with E-state index in [2.05, 4.69) is 5.32 Å². The van der Waals surface area contributed by atoms with Crippen molar-refractivity contribution in [2.45, 2.75) is 44.3 Å². The zero-order valence-electron chi connectivity index (χ0n) is 11.2. The number of nitrogens with one attached hydrogen (secondary N) is 1. The molecule has 1 aromatic rings. The van der Waals surface area contributed by atoms with Gasteiger partial charge in [-0.2, -0.15) is 13.2 Å². The molecule has 1 heterocycles. The van der Waals surface area contributed by atoms with Crippen molar-refractivity contribution < 1.29 is 18.0 Å². The van der Waals surface area contributed by atoms with E-state index in [1.165, 1.54) is 12.1 Å². The van der Waals surface area contributed by atoms with Gasteiger partial charge < -0.3 is 5.32 Å². The molecule has 20 heavy (non-hydrogen) atoms. The molecule has 5 heteroatoms. The Labute approximate surface area is 116 Å². The van der Waals surface area contributed by atoms with Gasteiger partial charge in [0, 0.05) is 6.42 Å². The first-order valence-corrected chi connectivity index (χ1v) is 6.89. The van der Waals surface area contributed by atoms with Crippen molar-refractivity contribution in [1.82, 2.24) is 5.32 Å². The maximum atomic E-state index is 12.4. The number of ketones is 1. The Morgan fingerprint density at radius 2 is 1.85 bits per heavy atom. The molecule has 0 radical (unpaired) electrons. The molecular formula is C15H18F3NO. The van der Waals surface area contributed by atoms with Crippen LogP contribution in [0.3, 0.4) is 0 Å². The van der Waals surface area contributed by atoms with Crippen LogP contribution in [0.1, 0.15) is 36.8 Å². The second-order valence-electron chi connectivity index (χ2n) is 5.19. The first-order valence-electron chi connectivity index (χ1n) is 6.89. The molecule has 1 saturated heterocycles. The van der Waals surface area contributed by atoms with Crippen molar-refractivity contribution in [3.05, 3.63) is 35.4 Å². The van der Waals surface area contributed by atoms with Crippen LogP contribution in [0.25, 0.3) is 0 Å². The number of rotatable bonds is 3. The lowest BCUT2D eigenvalue weighted by Crippen LogP contribution is -2.36. The standard InChI is InChI=1S/C15H18F3NO/c16-15(17,18)12-7-5-11(6-8-12)10-14(20)13-4-2-1-3-9-19-13/h5-8,13,19H,1-4,9-10H2. The fraction of sp³-hybridized carbons (Fsp3) is 0.533. The molecule has 0 saturated carbocycles. The molecule has 1 N–H and O–H groups in total. The van der Waals surface area contributed by atoms with Crippen LogP contribution in [0.4, 0.5) is 13.2 Å². The van der Waals surface area contributed by atoms with Gasteiger partial charge in [0.05, 0.1) is 11.6 Å². The third-order valence-corrected chi connectivity index (χ3v) is 3.61. The lowest BCUT2D eigenvalue weighted by Gasteiger charge is -2.14. The topological polar surface area (TPSA) is 29.1 Å². The van der Waals surface area contributed by atoms with E-state index in [4.69, 9.17) is 0 Å². The Morgan fingerprint density at radius 1 is 1.15 bits per heavy atom. The summed E-state index contributed by atoms with van der Waals surface area (Å²) in [6, 6.07) is 4.68. The Morgan fingerprint density at radius 3 is 2.50 bits per heavy atom. The zero-order valence-corrected chi connectivity index (χ0v) is 11.2. The molecule has 1 atom stereocenters. The second kappa shape index (κ2) is 6.39. The van der Waals surface area contributed by atoms with Crippen molar-refractivity contribution in [2.24, 2.45) is 0 Å². The van der Waals surface area contributed by atoms with Crippen LogP contribution < -0.4 is 5.32 Å². The van der Waals surface area contributed by atoms with Crippen molar-refractivity contribution >= 4 is 5.78 Å². The summed E-state index contributed by atoms with van der Waals surface area (Å²) in [6.07, 6.45) is -0.0990. The number of benzene rings is 1. The van der Waals surface area contributed by atoms with Gasteiger partial charge in [0.25, 0.3) is 0 Å². The maximum Gasteiger partial charge on any atom is 0.416 e. The van der Waals surface area contributed by atoms with Crippen LogP contribution in [0.2, 0.25) is 0 Å². The van der Waals surface area contributed by atoms with Gasteiger partial charge in [0.15, 0.2) is 5.78 Å². The van der Waals surface area contributed by atoms with Gasteiger partial charge in [-0.25, -0.2) is 0 Å². The molecule has 0 bridgehead atoms. The molecule has 0 aliphatic carbocycles. The van der Waals surface area contributed by atoms with Crippen molar-refractivity contribution in [3.8, 4) is 0 Å². The number of hydrogen-bond donors (Lipinski definition) is 1. The zero-order chi connectivity index (χ0) is 14.6. The van der Waals surface area contributed by atoms with E-state index in [0.29, 0.717) is 5.56 Å². The van der Waals surface area contributed by atoms with Crippen LogP contribution in [0, 0.1) is 0 Å². The summed E-state index contributed by atoms with van der Waals surface area (Å²) in [5.74, 6) is 0.0617. The van der Waals surface area contributed by atoms with Gasteiger partial charge in [0.1, 0.15) is 0 Å². The van der Waals surface area contributed by atoms with Crippen LogP contribution in [-0.2, 0) is 17.4 Å². The minimum absolute atomic E-state index is 0.0617. The third kappa shape index (κ3) is 4.07. The number of carbonyl (C=O) groups is 1. The molecule has 2 nitrogen and oxygen atoms in total. The van der Waals surface area contributed by atoms with Gasteiger partial charge in [-0.3, -0.25) is 4.79 Å². The third-order valence-electron chi connectivity index (χ3n) is 3.61. The normalized spacial score (nSPS) is 20.4. The molecule has 1 unspecified atom stereocenters. The molecule has 0 aromatic heterocycles. The number of carbonyl (C=O) groups excluding carboxylic acids is 1. The minimum atomic E-state index is -4.33. The Hall–Kier alpha value is -1.36. The summed E-state index contributed by atoms with van der Waals surface area (Å²) in [6.45, 7) is 0.837. The van der Waals surface area contributed by atoms with Gasteiger partial charge in [-0.1, -0.05) is 25.0 Å². The summed E-state index contributed by atoms with van der Waals surface area (Å²) < 4.78 is 37.3. The average Bonchev–Trinajstić information content (AvgIpc) is 2.67. The van der Waals surface area contributed by atoms with Crippen molar-refractivity contribution in [2.75, 3.05) is 6.54 Å².